The van der Waals surface area contributed by atoms with E-state index in [2.05, 4.69) is 78.9 Å². The fourth-order valence-electron chi connectivity index (χ4n) is 3.00. The van der Waals surface area contributed by atoms with Crippen molar-refractivity contribution in [3.05, 3.63) is 101 Å². The monoisotopic (exact) mass is 316 g/mol. The topological polar surface area (TPSA) is 9.23 Å². The number of hydrogen-bond donors (Lipinski definition) is 0. The summed E-state index contributed by atoms with van der Waals surface area (Å²) in [5, 5.41) is 0. The van der Waals surface area contributed by atoms with E-state index in [4.69, 9.17) is 4.74 Å². The van der Waals surface area contributed by atoms with Gasteiger partial charge in [0, 0.05) is 0 Å². The molecule has 24 heavy (non-hydrogen) atoms. The Bertz CT molecular complexity index is 686. The van der Waals surface area contributed by atoms with Crippen LogP contribution in [0.1, 0.15) is 22.3 Å². The van der Waals surface area contributed by atoms with Gasteiger partial charge in [0.2, 0.25) is 0 Å². The third-order valence-corrected chi connectivity index (χ3v) is 4.35. The highest BCUT2D eigenvalue weighted by Gasteiger charge is 2.03. The van der Waals surface area contributed by atoms with E-state index >= 15 is 0 Å². The Morgan fingerprint density at radius 2 is 0.958 bits per heavy atom. The van der Waals surface area contributed by atoms with Crippen molar-refractivity contribution in [3.8, 4) is 5.75 Å². The molecule has 0 aliphatic rings. The summed E-state index contributed by atoms with van der Waals surface area (Å²) in [5.74, 6) is 0.962. The molecule has 3 rings (SSSR count). The molecule has 0 amide bonds. The zero-order valence-electron chi connectivity index (χ0n) is 14.2. The zero-order valence-corrected chi connectivity index (χ0v) is 14.2. The number of aryl methyl sites for hydroxylation is 4. The molecule has 3 aromatic carbocycles. The van der Waals surface area contributed by atoms with Crippen LogP contribution in [0, 0.1) is 0 Å². The van der Waals surface area contributed by atoms with Crippen LogP contribution in [-0.4, -0.2) is 7.11 Å². The first kappa shape index (κ1) is 16.3. The number of hydrogen-bond acceptors (Lipinski definition) is 1. The molecule has 0 aliphatic heterocycles. The summed E-state index contributed by atoms with van der Waals surface area (Å²) in [4.78, 5) is 0. The standard InChI is InChI=1S/C23H24O/c1-24-23-17-21(14-12-19-8-4-2-5-9-19)16-22(18-23)15-13-20-10-6-3-7-11-20/h2-11,16-18H,12-15H2,1H3. The Morgan fingerprint density at radius 3 is 1.38 bits per heavy atom. The van der Waals surface area contributed by atoms with Crippen LogP contribution in [0.15, 0.2) is 78.9 Å². The summed E-state index contributed by atoms with van der Waals surface area (Å²) < 4.78 is 5.50. The van der Waals surface area contributed by atoms with E-state index in [0.29, 0.717) is 0 Å². The van der Waals surface area contributed by atoms with Crippen molar-refractivity contribution in [2.24, 2.45) is 0 Å². The second kappa shape index (κ2) is 8.35. The lowest BCUT2D eigenvalue weighted by molar-refractivity contribution is 0.413. The second-order valence-electron chi connectivity index (χ2n) is 6.16. The molecule has 0 radical (unpaired) electrons. The van der Waals surface area contributed by atoms with E-state index in [9.17, 15) is 0 Å². The molecule has 0 N–H and O–H groups in total. The van der Waals surface area contributed by atoms with Gasteiger partial charge in [-0.05, 0) is 60.1 Å². The van der Waals surface area contributed by atoms with Gasteiger partial charge in [-0.15, -0.1) is 0 Å². The van der Waals surface area contributed by atoms with Crippen molar-refractivity contribution in [1.82, 2.24) is 0 Å². The molecule has 0 aliphatic carbocycles. The molecular formula is C23H24O. The third-order valence-electron chi connectivity index (χ3n) is 4.35. The van der Waals surface area contributed by atoms with Crippen LogP contribution in [0.2, 0.25) is 0 Å². The Labute approximate surface area is 144 Å². The smallest absolute Gasteiger partial charge is 0.119 e. The van der Waals surface area contributed by atoms with Crippen LogP contribution in [-0.2, 0) is 25.7 Å². The van der Waals surface area contributed by atoms with Gasteiger partial charge in [0.05, 0.1) is 7.11 Å². The van der Waals surface area contributed by atoms with Crippen molar-refractivity contribution in [1.29, 1.82) is 0 Å². The predicted octanol–water partition coefficient (Wildman–Crippen LogP) is 5.27. The Balaban J connectivity index is 1.68. The van der Waals surface area contributed by atoms with Gasteiger partial charge in [0.1, 0.15) is 5.75 Å². The minimum atomic E-state index is 0.962. The van der Waals surface area contributed by atoms with Crippen LogP contribution in [0.4, 0.5) is 0 Å². The van der Waals surface area contributed by atoms with Crippen LogP contribution < -0.4 is 4.74 Å². The Kier molecular flexibility index (Phi) is 5.68. The SMILES string of the molecule is COc1cc(CCc2ccccc2)cc(CCc2ccccc2)c1. The van der Waals surface area contributed by atoms with Crippen molar-refractivity contribution >= 4 is 0 Å². The highest BCUT2D eigenvalue weighted by molar-refractivity contribution is 5.36. The Hall–Kier alpha value is -2.54. The Morgan fingerprint density at radius 1 is 0.542 bits per heavy atom. The first-order chi connectivity index (χ1) is 11.8. The van der Waals surface area contributed by atoms with E-state index in [1.807, 2.05) is 0 Å². The summed E-state index contributed by atoms with van der Waals surface area (Å²) in [6.07, 6.45) is 4.21. The van der Waals surface area contributed by atoms with Crippen molar-refractivity contribution in [3.63, 3.8) is 0 Å². The normalized spacial score (nSPS) is 10.5. The second-order valence-corrected chi connectivity index (χ2v) is 6.16. The van der Waals surface area contributed by atoms with Gasteiger partial charge in [-0.3, -0.25) is 0 Å². The maximum atomic E-state index is 5.50. The largest absolute Gasteiger partial charge is 0.497 e. The number of ether oxygens (including phenoxy) is 1. The van der Waals surface area contributed by atoms with Gasteiger partial charge in [-0.1, -0.05) is 66.7 Å². The fraction of sp³-hybridized carbons (Fsp3) is 0.217. The molecule has 1 nitrogen and oxygen atoms in total. The highest BCUT2D eigenvalue weighted by Crippen LogP contribution is 2.20. The van der Waals surface area contributed by atoms with E-state index < -0.39 is 0 Å². The summed E-state index contributed by atoms with van der Waals surface area (Å²) in [7, 11) is 1.75. The highest BCUT2D eigenvalue weighted by atomic mass is 16.5. The molecule has 0 aromatic heterocycles. The minimum Gasteiger partial charge on any atom is -0.497 e. The van der Waals surface area contributed by atoms with Crippen LogP contribution in [0.5, 0.6) is 5.75 Å². The van der Waals surface area contributed by atoms with Crippen LogP contribution in [0.3, 0.4) is 0 Å². The van der Waals surface area contributed by atoms with Crippen LogP contribution >= 0.6 is 0 Å². The van der Waals surface area contributed by atoms with Crippen molar-refractivity contribution in [2.75, 3.05) is 7.11 Å². The average molecular weight is 316 g/mol. The van der Waals surface area contributed by atoms with Crippen molar-refractivity contribution < 1.29 is 4.74 Å². The van der Waals surface area contributed by atoms with Crippen LogP contribution in [0.25, 0.3) is 0 Å². The summed E-state index contributed by atoms with van der Waals surface area (Å²) in [5.41, 5.74) is 5.46. The molecule has 0 atom stereocenters. The van der Waals surface area contributed by atoms with Gasteiger partial charge in [0.25, 0.3) is 0 Å². The maximum Gasteiger partial charge on any atom is 0.119 e. The van der Waals surface area contributed by atoms with E-state index in [1.54, 1.807) is 7.11 Å². The predicted molar refractivity (Wildman–Crippen MR) is 101 cm³/mol. The molecule has 0 saturated heterocycles. The summed E-state index contributed by atoms with van der Waals surface area (Å²) in [6, 6.07) is 28.0. The fourth-order valence-corrected chi connectivity index (χ4v) is 3.00. The molecule has 0 heterocycles. The lowest BCUT2D eigenvalue weighted by Gasteiger charge is -2.10. The molecule has 0 bridgehead atoms. The molecular weight excluding hydrogens is 292 g/mol. The van der Waals surface area contributed by atoms with E-state index in [-0.39, 0.29) is 0 Å². The quantitative estimate of drug-likeness (QED) is 0.577. The number of benzene rings is 3. The molecule has 0 saturated carbocycles. The van der Waals surface area contributed by atoms with Gasteiger partial charge < -0.3 is 4.74 Å². The molecule has 122 valence electrons. The first-order valence-electron chi connectivity index (χ1n) is 8.58. The van der Waals surface area contributed by atoms with Gasteiger partial charge >= 0.3 is 0 Å². The third kappa shape index (κ3) is 4.73. The van der Waals surface area contributed by atoms with Gasteiger partial charge in [0.15, 0.2) is 0 Å². The molecule has 0 fully saturated rings. The maximum absolute atomic E-state index is 5.50. The molecule has 0 spiro atoms. The van der Waals surface area contributed by atoms with Gasteiger partial charge in [-0.2, -0.15) is 0 Å². The lowest BCUT2D eigenvalue weighted by Crippen LogP contribution is -1.97. The molecule has 1 heteroatoms. The molecule has 3 aromatic rings. The average Bonchev–Trinajstić information content (AvgIpc) is 2.66. The van der Waals surface area contributed by atoms with E-state index in [0.717, 1.165) is 31.4 Å². The van der Waals surface area contributed by atoms with E-state index in [1.165, 1.54) is 22.3 Å². The first-order valence-corrected chi connectivity index (χ1v) is 8.58. The zero-order chi connectivity index (χ0) is 16.6. The van der Waals surface area contributed by atoms with Crippen molar-refractivity contribution in [2.45, 2.75) is 25.7 Å². The summed E-state index contributed by atoms with van der Waals surface area (Å²) >= 11 is 0. The summed E-state index contributed by atoms with van der Waals surface area (Å²) in [6.45, 7) is 0. The number of rotatable bonds is 7. The number of methoxy groups -OCH3 is 1. The lowest BCUT2D eigenvalue weighted by atomic mass is 9.99. The minimum absolute atomic E-state index is 0.962. The van der Waals surface area contributed by atoms with Gasteiger partial charge in [-0.25, -0.2) is 0 Å². The molecule has 0 unspecified atom stereocenters.